The fourth-order valence-corrected chi connectivity index (χ4v) is 19.3. The van der Waals surface area contributed by atoms with Crippen LogP contribution in [-0.4, -0.2) is 167 Å². The van der Waals surface area contributed by atoms with Gasteiger partial charge in [-0.05, 0) is 198 Å². The molecule has 27 nitrogen and oxygen atoms in total. The third-order valence-corrected chi connectivity index (χ3v) is 26.5. The highest BCUT2D eigenvalue weighted by Gasteiger charge is 2.39. The van der Waals surface area contributed by atoms with Gasteiger partial charge < -0.3 is 42.7 Å². The van der Waals surface area contributed by atoms with E-state index in [1.54, 1.807) is 51.5 Å². The number of furan rings is 3. The number of rotatable bonds is 18. The Kier molecular flexibility index (Phi) is 27.2. The van der Waals surface area contributed by atoms with Gasteiger partial charge in [0, 0.05) is 128 Å². The fourth-order valence-electron chi connectivity index (χ4n) is 18.6. The van der Waals surface area contributed by atoms with Gasteiger partial charge in [-0.25, -0.2) is 55.7 Å². The number of anilines is 3. The van der Waals surface area contributed by atoms with Gasteiger partial charge in [0.05, 0.1) is 103 Å². The number of aromatic nitrogens is 12. The molecule has 0 unspecified atom stereocenters. The average molecular weight is 1930 g/mol. The normalized spacial score (nSPS) is 16.5. The van der Waals surface area contributed by atoms with Crippen LogP contribution in [0.3, 0.4) is 0 Å². The van der Waals surface area contributed by atoms with Crippen LogP contribution in [-0.2, 0) is 34.0 Å². The highest BCUT2D eigenvalue weighted by Crippen LogP contribution is 2.45. The van der Waals surface area contributed by atoms with Crippen LogP contribution in [0, 0.1) is 55.7 Å². The lowest BCUT2D eigenvalue weighted by Gasteiger charge is -2.44. The van der Waals surface area contributed by atoms with Gasteiger partial charge in [-0.15, -0.1) is 0 Å². The quantitative estimate of drug-likeness (QED) is 0.0569. The molecular weight excluding hydrogens is 1830 g/mol. The molecule has 3 fully saturated rings. The summed E-state index contributed by atoms with van der Waals surface area (Å²) < 4.78 is 112. The summed E-state index contributed by atoms with van der Waals surface area (Å²) in [6, 6.07) is 16.9. The van der Waals surface area contributed by atoms with E-state index < -0.39 is 52.0 Å². The zero-order valence-electron chi connectivity index (χ0n) is 77.6. The molecule has 0 spiro atoms. The van der Waals surface area contributed by atoms with Crippen molar-refractivity contribution in [1.82, 2.24) is 73.3 Å². The van der Waals surface area contributed by atoms with Gasteiger partial charge in [-0.2, -0.15) is 15.0 Å². The number of hydrogen-bond donors (Lipinski definition) is 0. The van der Waals surface area contributed by atoms with Crippen LogP contribution in [0.2, 0.25) is 15.1 Å². The van der Waals surface area contributed by atoms with Gasteiger partial charge in [0.15, 0.2) is 34.9 Å². The lowest BCUT2D eigenvalue weighted by atomic mass is 9.99. The Bertz CT molecular complexity index is 7350. The van der Waals surface area contributed by atoms with Crippen molar-refractivity contribution in [3.63, 3.8) is 0 Å². The maximum Gasteiger partial charge on any atom is 0.351 e. The predicted molar refractivity (Wildman–Crippen MR) is 518 cm³/mol. The van der Waals surface area contributed by atoms with Crippen molar-refractivity contribution >= 4 is 136 Å². The third kappa shape index (κ3) is 18.0. The average Bonchev–Trinajstić information content (AvgIpc) is 1.63. The molecule has 3 aliphatic heterocycles. The Hall–Kier alpha value is -13.9. The van der Waals surface area contributed by atoms with Crippen LogP contribution in [0.1, 0.15) is 144 Å². The van der Waals surface area contributed by atoms with Crippen molar-refractivity contribution in [2.45, 2.75) is 165 Å². The molecule has 137 heavy (non-hydrogen) atoms. The zero-order valence-corrected chi connectivity index (χ0v) is 79.8. The van der Waals surface area contributed by atoms with Gasteiger partial charge in [-0.3, -0.25) is 43.0 Å². The molecule has 708 valence electrons. The first-order valence-electron chi connectivity index (χ1n) is 44.6. The maximum atomic E-state index is 15.5. The Morgan fingerprint density at radius 1 is 0.409 bits per heavy atom. The molecule has 3 aromatic carbocycles. The summed E-state index contributed by atoms with van der Waals surface area (Å²) in [7, 11) is 0. The largest absolute Gasteiger partial charge is 0.464 e. The van der Waals surface area contributed by atoms with E-state index in [4.69, 9.17) is 63.0 Å². The number of nitrogens with zero attached hydrogens (tertiary/aromatic N) is 18. The lowest BCUT2D eigenvalue weighted by molar-refractivity contribution is -0.129. The van der Waals surface area contributed by atoms with Crippen LogP contribution in [0.4, 0.5) is 43.8 Å². The van der Waals surface area contributed by atoms with Crippen molar-refractivity contribution in [2.75, 3.05) is 60.5 Å². The minimum Gasteiger partial charge on any atom is -0.464 e. The van der Waals surface area contributed by atoms with Crippen LogP contribution < -0.4 is 31.8 Å². The highest BCUT2D eigenvalue weighted by atomic mass is 35.5. The van der Waals surface area contributed by atoms with E-state index in [0.29, 0.717) is 95.6 Å². The minimum atomic E-state index is -1.17. The number of amides is 3. The smallest absolute Gasteiger partial charge is 0.351 e. The van der Waals surface area contributed by atoms with E-state index in [-0.39, 0.29) is 168 Å². The molecule has 3 aliphatic rings. The molecule has 0 aliphatic carbocycles. The Labute approximate surface area is 797 Å². The first kappa shape index (κ1) is 96.2. The van der Waals surface area contributed by atoms with Crippen molar-refractivity contribution in [1.29, 1.82) is 0 Å². The summed E-state index contributed by atoms with van der Waals surface area (Å²) in [6.07, 6.45) is 13.0. The van der Waals surface area contributed by atoms with Gasteiger partial charge in [0.2, 0.25) is 17.7 Å². The Morgan fingerprint density at radius 3 is 1.00 bits per heavy atom. The van der Waals surface area contributed by atoms with E-state index >= 15 is 13.2 Å². The Morgan fingerprint density at radius 2 is 0.708 bits per heavy atom. The standard InChI is InChI=1S/2C34H33ClF2N6O3.C33H31ClF2N6O3/c2*1-7-26(44)41-14-20(6)42(15-19(41)5)33-22-13-24(35)30(27-28(37)25(36)12-21-9-11-46-31(21)27)39-32(22)43(34(45)40-33)16-23-18(4)8-10-38-29(23)17(2)3;1-6-25(43)40-10-11-41(19(5)15-40)32-21-14-23(34)29(26-27(36)24(35)13-20-8-12-45-30(20)26)38-31(21)42(33(44)39-32)16-22-18(4)7-9-37-28(22)17(2)3/h2*7-13,17,19-20H,1,14-16H2,2-6H3;6-9,12-14,17,19H,1,10-11,15-16H2,2-5H3/t2*19-,20+;19-/m110/s1. The molecule has 36 heteroatoms. The highest BCUT2D eigenvalue weighted by molar-refractivity contribution is 6.35. The molecule has 0 radical (unpaired) electrons. The SMILES string of the molecule is C=CC(=O)N1CCN(c2nc(=O)n(Cc3c(C)ccnc3C(C)C)c3nc(-c4c(F)c(F)cc5ccoc45)c(Cl)cc23)[C@@H](C)C1.C=CC(=O)N1C[C@H](C)N(c2nc(=O)n(Cc3c(C)ccnc3C(C)C)c3nc(-c4c(F)c(F)cc5ccoc45)c(Cl)cc23)C[C@H]1C.C=CC(=O)N1C[C@H](C)N(c2nc(=O)n(Cc3c(C)ccnc3C(C)C)c3nc(-c4c(F)c(F)cc5ccoc45)c(Cl)cc23)C[C@H]1C. The minimum absolute atomic E-state index is 0.0181. The number of halogens is 9. The molecule has 3 saturated heterocycles. The molecule has 3 amide bonds. The van der Waals surface area contributed by atoms with Crippen molar-refractivity contribution in [2.24, 2.45) is 0 Å². The number of piperazine rings is 3. The van der Waals surface area contributed by atoms with Gasteiger partial charge in [-0.1, -0.05) is 96.1 Å². The number of hydrogen-bond acceptors (Lipinski definition) is 21. The van der Waals surface area contributed by atoms with Crippen molar-refractivity contribution in [3.8, 4) is 33.8 Å². The molecule has 15 aromatic rings. The summed E-state index contributed by atoms with van der Waals surface area (Å²) in [4.78, 5) is 132. The van der Waals surface area contributed by atoms with Crippen LogP contribution in [0.5, 0.6) is 0 Å². The topological polar surface area (TPSA) is 292 Å². The van der Waals surface area contributed by atoms with Gasteiger partial charge in [0.1, 0.15) is 51.1 Å². The van der Waals surface area contributed by atoms with E-state index in [1.807, 2.05) is 130 Å². The summed E-state index contributed by atoms with van der Waals surface area (Å²) in [5.74, 6) is -6.14. The number of carbonyl (C=O) groups excluding carboxylic acids is 3. The van der Waals surface area contributed by atoms with Gasteiger partial charge in [0.25, 0.3) is 0 Å². The molecular formula is C101H97Cl3F6N18O9. The van der Waals surface area contributed by atoms with E-state index in [2.05, 4.69) is 49.6 Å². The summed E-state index contributed by atoms with van der Waals surface area (Å²) in [6.45, 7) is 41.2. The van der Waals surface area contributed by atoms with Crippen LogP contribution in [0.15, 0.2) is 176 Å². The van der Waals surface area contributed by atoms with Gasteiger partial charge >= 0.3 is 17.1 Å². The second-order valence-corrected chi connectivity index (χ2v) is 36.9. The summed E-state index contributed by atoms with van der Waals surface area (Å²) in [5, 5.41) is 2.39. The summed E-state index contributed by atoms with van der Waals surface area (Å²) in [5.41, 5.74) is 5.76. The molecule has 15 heterocycles. The van der Waals surface area contributed by atoms with E-state index in [9.17, 15) is 41.9 Å². The van der Waals surface area contributed by atoms with Crippen molar-refractivity contribution < 1.29 is 54.0 Å². The number of carbonyl (C=O) groups is 3. The maximum absolute atomic E-state index is 15.5. The number of benzene rings is 3. The molecule has 12 aromatic heterocycles. The van der Waals surface area contributed by atoms with Crippen LogP contribution >= 0.6 is 34.8 Å². The zero-order chi connectivity index (χ0) is 98.2. The number of pyridine rings is 6. The second kappa shape index (κ2) is 38.7. The number of aryl methyl sites for hydroxylation is 3. The first-order chi connectivity index (χ1) is 65.3. The third-order valence-electron chi connectivity index (χ3n) is 25.6. The molecule has 0 N–H and O–H groups in total. The molecule has 0 bridgehead atoms. The molecule has 0 saturated carbocycles. The molecule has 18 rings (SSSR count). The first-order valence-corrected chi connectivity index (χ1v) is 45.7. The molecule has 5 atom stereocenters. The predicted octanol–water partition coefficient (Wildman–Crippen LogP) is 19.5. The summed E-state index contributed by atoms with van der Waals surface area (Å²) >= 11 is 20.5. The van der Waals surface area contributed by atoms with Crippen molar-refractivity contribution in [3.05, 3.63) is 280 Å². The fraction of sp³-hybridized carbons (Fsp3) is 0.317. The van der Waals surface area contributed by atoms with Crippen LogP contribution in [0.25, 0.3) is 99.8 Å². The van der Waals surface area contributed by atoms with E-state index in [0.717, 1.165) is 68.7 Å². The van der Waals surface area contributed by atoms with E-state index in [1.165, 1.54) is 68.9 Å². The monoisotopic (exact) mass is 1920 g/mol. The number of fused-ring (bicyclic) bond motifs is 6. The lowest BCUT2D eigenvalue weighted by Crippen LogP contribution is -2.58. The second-order valence-electron chi connectivity index (χ2n) is 35.7. The Balaban J connectivity index is 0.000000149.